The van der Waals surface area contributed by atoms with Crippen LogP contribution < -0.4 is 10.6 Å². The Morgan fingerprint density at radius 3 is 2.95 bits per heavy atom. The van der Waals surface area contributed by atoms with Gasteiger partial charge in [-0.1, -0.05) is 6.07 Å². The summed E-state index contributed by atoms with van der Waals surface area (Å²) in [6, 6.07) is 5.90. The number of benzene rings is 1. The molecule has 0 fully saturated rings. The normalized spacial score (nSPS) is 13.7. The van der Waals surface area contributed by atoms with Crippen LogP contribution in [-0.2, 0) is 6.42 Å². The van der Waals surface area contributed by atoms with Crippen molar-refractivity contribution in [1.82, 2.24) is 0 Å². The van der Waals surface area contributed by atoms with Gasteiger partial charge in [-0.2, -0.15) is 0 Å². The van der Waals surface area contributed by atoms with Gasteiger partial charge in [-0.05, 0) is 57.9 Å². The monoisotopic (exact) mass is 336 g/mol. The van der Waals surface area contributed by atoms with Gasteiger partial charge in [-0.25, -0.2) is 0 Å². The Morgan fingerprint density at radius 2 is 2.26 bits per heavy atom. The number of fused-ring (bicyclic) bond motifs is 1. The number of aryl methyl sites for hydroxylation is 1. The van der Waals surface area contributed by atoms with Crippen LogP contribution in [0.5, 0.6) is 0 Å². The van der Waals surface area contributed by atoms with Crippen LogP contribution in [0.4, 0.5) is 11.4 Å². The van der Waals surface area contributed by atoms with Crippen molar-refractivity contribution in [1.29, 1.82) is 0 Å². The van der Waals surface area contributed by atoms with Crippen LogP contribution in [0.15, 0.2) is 28.1 Å². The molecule has 1 aliphatic rings. The second-order valence-corrected chi connectivity index (χ2v) is 6.41. The van der Waals surface area contributed by atoms with E-state index in [1.165, 1.54) is 16.9 Å². The highest BCUT2D eigenvalue weighted by atomic mass is 79.9. The quantitative estimate of drug-likeness (QED) is 0.808. The lowest BCUT2D eigenvalue weighted by molar-refractivity contribution is 0.0992. The molecule has 0 radical (unpaired) electrons. The second-order valence-electron chi connectivity index (χ2n) is 4.64. The van der Waals surface area contributed by atoms with Crippen molar-refractivity contribution >= 4 is 44.5 Å². The topological polar surface area (TPSA) is 46.3 Å². The summed E-state index contributed by atoms with van der Waals surface area (Å²) < 4.78 is 0.857. The van der Waals surface area contributed by atoms with E-state index in [4.69, 9.17) is 5.73 Å². The Morgan fingerprint density at radius 1 is 1.47 bits per heavy atom. The van der Waals surface area contributed by atoms with E-state index in [9.17, 15) is 4.79 Å². The molecule has 2 aromatic rings. The predicted molar refractivity (Wildman–Crippen MR) is 83.0 cm³/mol. The molecule has 3 nitrogen and oxygen atoms in total. The Hall–Kier alpha value is -1.33. The van der Waals surface area contributed by atoms with Crippen molar-refractivity contribution in [3.05, 3.63) is 44.1 Å². The highest BCUT2D eigenvalue weighted by Crippen LogP contribution is 2.34. The van der Waals surface area contributed by atoms with Gasteiger partial charge >= 0.3 is 0 Å². The number of thiophene rings is 1. The van der Waals surface area contributed by atoms with Crippen molar-refractivity contribution < 1.29 is 4.79 Å². The lowest BCUT2D eigenvalue weighted by atomic mass is 10.1. The number of nitrogens with two attached hydrogens (primary N) is 1. The zero-order chi connectivity index (χ0) is 13.6. The van der Waals surface area contributed by atoms with E-state index in [0.717, 1.165) is 39.3 Å². The molecule has 1 aromatic carbocycles. The molecule has 0 saturated heterocycles. The molecule has 98 valence electrons. The number of nitrogens with zero attached hydrogens (tertiary/aromatic N) is 1. The molecule has 0 atom stereocenters. The number of rotatable bonds is 1. The van der Waals surface area contributed by atoms with Gasteiger partial charge < -0.3 is 10.6 Å². The van der Waals surface area contributed by atoms with Crippen molar-refractivity contribution in [2.24, 2.45) is 0 Å². The minimum atomic E-state index is 0.0453. The largest absolute Gasteiger partial charge is 0.398 e. The first kappa shape index (κ1) is 12.7. The van der Waals surface area contributed by atoms with E-state index >= 15 is 0 Å². The molecule has 0 spiro atoms. The SMILES string of the molecule is Cc1cc2c(cc1N)N(C(=O)c1sccc1Br)CC2. The Balaban J connectivity index is 2.01. The third kappa shape index (κ3) is 2.07. The lowest BCUT2D eigenvalue weighted by Crippen LogP contribution is -2.28. The standard InChI is InChI=1S/C14H13BrN2OS/c1-8-6-9-2-4-17(12(9)7-11(8)16)14(18)13-10(15)3-5-19-13/h3,5-7H,2,4,16H2,1H3. The van der Waals surface area contributed by atoms with E-state index in [-0.39, 0.29) is 5.91 Å². The average molecular weight is 337 g/mol. The van der Waals surface area contributed by atoms with E-state index < -0.39 is 0 Å². The van der Waals surface area contributed by atoms with Gasteiger partial charge in [0.05, 0.1) is 0 Å². The fourth-order valence-electron chi connectivity index (χ4n) is 2.36. The third-order valence-electron chi connectivity index (χ3n) is 3.42. The van der Waals surface area contributed by atoms with Crippen LogP contribution in [0.3, 0.4) is 0 Å². The number of halogens is 1. The van der Waals surface area contributed by atoms with Crippen molar-refractivity contribution in [3.8, 4) is 0 Å². The van der Waals surface area contributed by atoms with Gasteiger partial charge in [0.25, 0.3) is 5.91 Å². The summed E-state index contributed by atoms with van der Waals surface area (Å²) in [5, 5.41) is 1.91. The molecular formula is C14H13BrN2OS. The number of amides is 1. The molecule has 5 heteroatoms. The second kappa shape index (κ2) is 4.65. The molecule has 2 heterocycles. The molecule has 3 rings (SSSR count). The first-order valence-electron chi connectivity index (χ1n) is 6.02. The maximum absolute atomic E-state index is 12.6. The van der Waals surface area contributed by atoms with Crippen LogP contribution in [0, 0.1) is 6.92 Å². The van der Waals surface area contributed by atoms with Gasteiger partial charge in [-0.15, -0.1) is 11.3 Å². The molecule has 19 heavy (non-hydrogen) atoms. The Kier molecular flexibility index (Phi) is 3.11. The van der Waals surface area contributed by atoms with Gasteiger partial charge in [0.15, 0.2) is 0 Å². The van der Waals surface area contributed by atoms with Crippen LogP contribution in [-0.4, -0.2) is 12.5 Å². The maximum atomic E-state index is 12.6. The van der Waals surface area contributed by atoms with Gasteiger partial charge in [-0.3, -0.25) is 4.79 Å². The highest BCUT2D eigenvalue weighted by Gasteiger charge is 2.27. The maximum Gasteiger partial charge on any atom is 0.269 e. The lowest BCUT2D eigenvalue weighted by Gasteiger charge is -2.17. The van der Waals surface area contributed by atoms with Crippen LogP contribution in [0.25, 0.3) is 0 Å². The molecule has 1 amide bonds. The zero-order valence-corrected chi connectivity index (χ0v) is 12.8. The molecule has 0 unspecified atom stereocenters. The summed E-state index contributed by atoms with van der Waals surface area (Å²) in [5.74, 6) is 0.0453. The van der Waals surface area contributed by atoms with Gasteiger partial charge in [0.2, 0.25) is 0 Å². The molecule has 0 saturated carbocycles. The van der Waals surface area contributed by atoms with E-state index in [0.29, 0.717) is 0 Å². The molecule has 0 aliphatic carbocycles. The number of hydrogen-bond donors (Lipinski definition) is 1. The summed E-state index contributed by atoms with van der Waals surface area (Å²) in [6.45, 7) is 2.72. The fraction of sp³-hybridized carbons (Fsp3) is 0.214. The molecule has 1 aliphatic heterocycles. The highest BCUT2D eigenvalue weighted by molar-refractivity contribution is 9.10. The summed E-state index contributed by atoms with van der Waals surface area (Å²) in [4.78, 5) is 15.1. The fourth-order valence-corrected chi connectivity index (χ4v) is 3.85. The smallest absolute Gasteiger partial charge is 0.269 e. The minimum absolute atomic E-state index is 0.0453. The summed E-state index contributed by atoms with van der Waals surface area (Å²) in [7, 11) is 0. The number of anilines is 2. The first-order valence-corrected chi connectivity index (χ1v) is 7.69. The average Bonchev–Trinajstić information content (AvgIpc) is 2.96. The number of hydrogen-bond acceptors (Lipinski definition) is 3. The summed E-state index contributed by atoms with van der Waals surface area (Å²) in [5.41, 5.74) is 9.93. The van der Waals surface area contributed by atoms with Crippen LogP contribution >= 0.6 is 27.3 Å². The summed E-state index contributed by atoms with van der Waals surface area (Å²) >= 11 is 4.88. The molecule has 1 aromatic heterocycles. The van der Waals surface area contributed by atoms with E-state index in [1.54, 1.807) is 0 Å². The number of carbonyl (C=O) groups is 1. The molecule has 0 bridgehead atoms. The number of carbonyl (C=O) groups excluding carboxylic acids is 1. The van der Waals surface area contributed by atoms with E-state index in [1.807, 2.05) is 29.3 Å². The zero-order valence-electron chi connectivity index (χ0n) is 10.4. The first-order chi connectivity index (χ1) is 9.08. The minimum Gasteiger partial charge on any atom is -0.398 e. The van der Waals surface area contributed by atoms with Crippen molar-refractivity contribution in [3.63, 3.8) is 0 Å². The van der Waals surface area contributed by atoms with Crippen molar-refractivity contribution in [2.45, 2.75) is 13.3 Å². The van der Waals surface area contributed by atoms with Gasteiger partial charge in [0.1, 0.15) is 4.88 Å². The van der Waals surface area contributed by atoms with Gasteiger partial charge in [0, 0.05) is 22.4 Å². The van der Waals surface area contributed by atoms with Crippen LogP contribution in [0.2, 0.25) is 0 Å². The summed E-state index contributed by atoms with van der Waals surface area (Å²) in [6.07, 6.45) is 0.894. The third-order valence-corrected chi connectivity index (χ3v) is 5.25. The molecule has 2 N–H and O–H groups in total. The predicted octanol–water partition coefficient (Wildman–Crippen LogP) is 3.60. The molecular weight excluding hydrogens is 324 g/mol. The Labute approximate surface area is 124 Å². The Bertz CT molecular complexity index is 665. The van der Waals surface area contributed by atoms with Crippen LogP contribution in [0.1, 0.15) is 20.8 Å². The van der Waals surface area contributed by atoms with Crippen molar-refractivity contribution in [2.75, 3.05) is 17.2 Å². The number of nitrogen functional groups attached to an aromatic ring is 1. The van der Waals surface area contributed by atoms with E-state index in [2.05, 4.69) is 22.0 Å².